The van der Waals surface area contributed by atoms with Crippen LogP contribution in [0.2, 0.25) is 0 Å². The quantitative estimate of drug-likeness (QED) is 0.298. The third-order valence-corrected chi connectivity index (χ3v) is 7.73. The van der Waals surface area contributed by atoms with Gasteiger partial charge in [-0.25, -0.2) is 9.59 Å². The molecule has 0 saturated carbocycles. The maximum absolute atomic E-state index is 14.3. The zero-order valence-corrected chi connectivity index (χ0v) is 26.8. The molecule has 1 fully saturated rings. The van der Waals surface area contributed by atoms with Gasteiger partial charge in [0.15, 0.2) is 0 Å². The predicted octanol–water partition coefficient (Wildman–Crippen LogP) is 6.48. The van der Waals surface area contributed by atoms with Crippen LogP contribution in [0.4, 0.5) is 4.79 Å². The summed E-state index contributed by atoms with van der Waals surface area (Å²) in [5.74, 6) is -0.959. The van der Waals surface area contributed by atoms with Crippen molar-refractivity contribution in [2.45, 2.75) is 77.9 Å². The van der Waals surface area contributed by atoms with Gasteiger partial charge in [0.05, 0.1) is 20.3 Å². The molecule has 1 aliphatic rings. The summed E-state index contributed by atoms with van der Waals surface area (Å²) in [4.78, 5) is 41.9. The molecule has 2 amide bonds. The Bertz CT molecular complexity index is 1430. The summed E-state index contributed by atoms with van der Waals surface area (Å²) in [5, 5.41) is 2.77. The lowest BCUT2D eigenvalue weighted by atomic mass is 9.85. The van der Waals surface area contributed by atoms with Gasteiger partial charge in [-0.2, -0.15) is 0 Å². The summed E-state index contributed by atoms with van der Waals surface area (Å²) in [6.45, 7) is 11.2. The van der Waals surface area contributed by atoms with Crippen LogP contribution in [0.3, 0.4) is 0 Å². The lowest BCUT2D eigenvalue weighted by Crippen LogP contribution is -2.57. The molecule has 4 rings (SSSR count). The van der Waals surface area contributed by atoms with Crippen LogP contribution in [0.15, 0.2) is 84.9 Å². The zero-order chi connectivity index (χ0) is 32.1. The Labute approximate surface area is 260 Å². The number of likely N-dealkylation sites (tertiary alicyclic amines) is 1. The molecular formula is C36H44N2O6. The summed E-state index contributed by atoms with van der Waals surface area (Å²) in [7, 11) is 1.31. The molecule has 3 aromatic rings. The second kappa shape index (κ2) is 13.2. The SMILES string of the molecule is COC(=O)C1C[C@@](OCc2ccccc2)(c2ccc(-c3ccccc3)cc2)CN1C(=O)[C@@H](NC(=O)OC(C)(C)C)C(C)(C)C. The molecule has 1 saturated heterocycles. The maximum Gasteiger partial charge on any atom is 0.408 e. The number of carbonyl (C=O) groups excluding carboxylic acids is 3. The molecule has 8 heteroatoms. The van der Waals surface area contributed by atoms with Crippen molar-refractivity contribution in [2.24, 2.45) is 5.41 Å². The number of hydrogen-bond donors (Lipinski definition) is 1. The number of rotatable bonds is 8. The molecule has 1 aliphatic heterocycles. The summed E-state index contributed by atoms with van der Waals surface area (Å²) in [6.07, 6.45) is -0.519. The minimum atomic E-state index is -1.02. The van der Waals surface area contributed by atoms with E-state index in [4.69, 9.17) is 14.2 Å². The molecule has 234 valence electrons. The van der Waals surface area contributed by atoms with Gasteiger partial charge in [-0.3, -0.25) is 4.79 Å². The molecule has 3 aromatic carbocycles. The minimum Gasteiger partial charge on any atom is -0.467 e. The van der Waals surface area contributed by atoms with Gasteiger partial charge in [0.1, 0.15) is 23.3 Å². The Morgan fingerprint density at radius 3 is 1.98 bits per heavy atom. The smallest absolute Gasteiger partial charge is 0.408 e. The van der Waals surface area contributed by atoms with Crippen molar-refractivity contribution in [1.29, 1.82) is 0 Å². The molecule has 0 aliphatic carbocycles. The molecule has 1 heterocycles. The fourth-order valence-electron chi connectivity index (χ4n) is 5.48. The van der Waals surface area contributed by atoms with Gasteiger partial charge < -0.3 is 24.4 Å². The van der Waals surface area contributed by atoms with Gasteiger partial charge >= 0.3 is 12.1 Å². The number of nitrogens with one attached hydrogen (secondary N) is 1. The Morgan fingerprint density at radius 2 is 1.43 bits per heavy atom. The number of methoxy groups -OCH3 is 1. The highest BCUT2D eigenvalue weighted by molar-refractivity contribution is 5.91. The number of carbonyl (C=O) groups is 3. The van der Waals surface area contributed by atoms with Crippen LogP contribution in [0.5, 0.6) is 0 Å². The Kier molecular flexibility index (Phi) is 9.84. The van der Waals surface area contributed by atoms with Gasteiger partial charge in [-0.05, 0) is 48.4 Å². The predicted molar refractivity (Wildman–Crippen MR) is 170 cm³/mol. The summed E-state index contributed by atoms with van der Waals surface area (Å²) < 4.78 is 17.4. The van der Waals surface area contributed by atoms with E-state index >= 15 is 0 Å². The van der Waals surface area contributed by atoms with E-state index in [2.05, 4.69) is 5.32 Å². The minimum absolute atomic E-state index is 0.0890. The maximum atomic E-state index is 14.3. The highest BCUT2D eigenvalue weighted by Gasteiger charge is 2.53. The lowest BCUT2D eigenvalue weighted by molar-refractivity contribution is -0.152. The highest BCUT2D eigenvalue weighted by Crippen LogP contribution is 2.42. The topological polar surface area (TPSA) is 94.2 Å². The molecule has 8 nitrogen and oxygen atoms in total. The summed E-state index contributed by atoms with van der Waals surface area (Å²) in [6, 6.07) is 26.0. The van der Waals surface area contributed by atoms with Gasteiger partial charge in [0, 0.05) is 6.42 Å². The second-order valence-corrected chi connectivity index (χ2v) is 13.4. The van der Waals surface area contributed by atoms with Crippen molar-refractivity contribution in [2.75, 3.05) is 13.7 Å². The number of esters is 1. The highest BCUT2D eigenvalue weighted by atomic mass is 16.6. The molecule has 0 spiro atoms. The van der Waals surface area contributed by atoms with Crippen LogP contribution in [-0.4, -0.2) is 54.2 Å². The fourth-order valence-corrected chi connectivity index (χ4v) is 5.48. The standard InChI is InChI=1S/C36H44N2O6/c1-34(2,3)30(37-33(41)44-35(4,5)6)31(39)38-24-36(22-29(38)32(40)42-7,43-23-25-14-10-8-11-15-25)28-20-18-27(19-21-28)26-16-12-9-13-17-26/h8-21,29-30H,22-24H2,1-7H3,(H,37,41)/t29?,30-,36+/m1/s1. The number of nitrogens with zero attached hydrogens (tertiary/aromatic N) is 1. The van der Waals surface area contributed by atoms with Crippen molar-refractivity contribution in [3.63, 3.8) is 0 Å². The Hall–Kier alpha value is -4.17. The first kappa shape index (κ1) is 32.7. The second-order valence-electron chi connectivity index (χ2n) is 13.4. The number of amides is 2. The van der Waals surface area contributed by atoms with Crippen molar-refractivity contribution in [3.8, 4) is 11.1 Å². The van der Waals surface area contributed by atoms with Gasteiger partial charge in [-0.15, -0.1) is 0 Å². The van der Waals surface area contributed by atoms with Crippen LogP contribution in [0.25, 0.3) is 11.1 Å². The normalized spacial score (nSPS) is 19.2. The number of alkyl carbamates (subject to hydrolysis) is 1. The zero-order valence-electron chi connectivity index (χ0n) is 26.8. The third-order valence-electron chi connectivity index (χ3n) is 7.73. The molecule has 1 N–H and O–H groups in total. The molecule has 0 bridgehead atoms. The number of hydrogen-bond acceptors (Lipinski definition) is 6. The molecule has 0 aromatic heterocycles. The summed E-state index contributed by atoms with van der Waals surface area (Å²) in [5.41, 5.74) is 1.46. The molecule has 1 unspecified atom stereocenters. The van der Waals surface area contributed by atoms with E-state index in [-0.39, 0.29) is 19.6 Å². The van der Waals surface area contributed by atoms with E-state index in [0.717, 1.165) is 22.3 Å². The van der Waals surface area contributed by atoms with Crippen molar-refractivity contribution in [1.82, 2.24) is 10.2 Å². The van der Waals surface area contributed by atoms with E-state index in [1.165, 1.54) is 12.0 Å². The molecule has 0 radical (unpaired) electrons. The largest absolute Gasteiger partial charge is 0.467 e. The van der Waals surface area contributed by atoms with Gasteiger partial charge in [-0.1, -0.05) is 106 Å². The monoisotopic (exact) mass is 600 g/mol. The average Bonchev–Trinajstić information content (AvgIpc) is 3.39. The van der Waals surface area contributed by atoms with Crippen molar-refractivity contribution < 1.29 is 28.6 Å². The first-order valence-electron chi connectivity index (χ1n) is 14.9. The fraction of sp³-hybridized carbons (Fsp3) is 0.417. The van der Waals surface area contributed by atoms with Crippen molar-refractivity contribution >= 4 is 18.0 Å². The van der Waals surface area contributed by atoms with E-state index < -0.39 is 46.7 Å². The van der Waals surface area contributed by atoms with E-state index in [1.54, 1.807) is 20.8 Å². The Morgan fingerprint density at radius 1 is 0.864 bits per heavy atom. The van der Waals surface area contributed by atoms with Gasteiger partial charge in [0.25, 0.3) is 0 Å². The molecular weight excluding hydrogens is 556 g/mol. The van der Waals surface area contributed by atoms with Crippen LogP contribution >= 0.6 is 0 Å². The van der Waals surface area contributed by atoms with E-state index in [1.807, 2.05) is 106 Å². The van der Waals surface area contributed by atoms with Crippen LogP contribution in [0, 0.1) is 5.41 Å². The first-order valence-corrected chi connectivity index (χ1v) is 14.9. The molecule has 44 heavy (non-hydrogen) atoms. The van der Waals surface area contributed by atoms with E-state index in [0.29, 0.717) is 0 Å². The summed E-state index contributed by atoms with van der Waals surface area (Å²) >= 11 is 0. The third kappa shape index (κ3) is 7.85. The molecule has 3 atom stereocenters. The van der Waals surface area contributed by atoms with Crippen LogP contribution in [-0.2, 0) is 36.0 Å². The Balaban J connectivity index is 1.73. The first-order chi connectivity index (χ1) is 20.7. The van der Waals surface area contributed by atoms with Crippen molar-refractivity contribution in [3.05, 3.63) is 96.1 Å². The number of ether oxygens (including phenoxy) is 3. The number of benzene rings is 3. The van der Waals surface area contributed by atoms with Crippen LogP contribution in [0.1, 0.15) is 59.1 Å². The lowest BCUT2D eigenvalue weighted by Gasteiger charge is -2.36. The van der Waals surface area contributed by atoms with Gasteiger partial charge in [0.2, 0.25) is 5.91 Å². The van der Waals surface area contributed by atoms with Crippen LogP contribution < -0.4 is 5.32 Å². The van der Waals surface area contributed by atoms with E-state index in [9.17, 15) is 14.4 Å². The average molecular weight is 601 g/mol.